The first kappa shape index (κ1) is 11.7. The Balaban J connectivity index is 2.35. The number of amides is 1. The van der Waals surface area contributed by atoms with E-state index in [1.165, 1.54) is 6.92 Å². The zero-order valence-electron chi connectivity index (χ0n) is 9.41. The number of benzene rings is 2. The Labute approximate surface area is 105 Å². The molecule has 17 heavy (non-hydrogen) atoms. The Morgan fingerprint density at radius 1 is 1.12 bits per heavy atom. The molecule has 0 unspecified atom stereocenters. The second kappa shape index (κ2) is 5.02. The van der Waals surface area contributed by atoms with Gasteiger partial charge < -0.3 is 5.32 Å². The van der Waals surface area contributed by atoms with Crippen LogP contribution in [0.1, 0.15) is 6.92 Å². The van der Waals surface area contributed by atoms with E-state index in [9.17, 15) is 4.79 Å². The van der Waals surface area contributed by atoms with Crippen molar-refractivity contribution in [2.24, 2.45) is 0 Å². The van der Waals surface area contributed by atoms with Crippen LogP contribution in [0.2, 0.25) is 5.02 Å². The van der Waals surface area contributed by atoms with Crippen LogP contribution in [0, 0.1) is 0 Å². The number of rotatable bonds is 2. The van der Waals surface area contributed by atoms with Gasteiger partial charge in [-0.25, -0.2) is 0 Å². The first-order chi connectivity index (χ1) is 8.16. The van der Waals surface area contributed by atoms with Crippen LogP contribution < -0.4 is 5.32 Å². The van der Waals surface area contributed by atoms with E-state index in [1.807, 2.05) is 42.5 Å². The first-order valence-electron chi connectivity index (χ1n) is 5.29. The highest BCUT2D eigenvalue weighted by atomic mass is 35.5. The van der Waals surface area contributed by atoms with Gasteiger partial charge in [0.15, 0.2) is 0 Å². The predicted molar refractivity (Wildman–Crippen MR) is 71.2 cm³/mol. The molecule has 0 aliphatic heterocycles. The lowest BCUT2D eigenvalue weighted by molar-refractivity contribution is -0.114. The first-order valence-corrected chi connectivity index (χ1v) is 5.67. The zero-order chi connectivity index (χ0) is 12.3. The molecule has 0 fully saturated rings. The van der Waals surface area contributed by atoms with E-state index < -0.39 is 0 Å². The van der Waals surface area contributed by atoms with Gasteiger partial charge in [-0.15, -0.1) is 0 Å². The SMILES string of the molecule is CC(=O)Nc1ccc(-c2ccccc2)c(Cl)c1. The highest BCUT2D eigenvalue weighted by Gasteiger charge is 2.04. The minimum Gasteiger partial charge on any atom is -0.326 e. The van der Waals surface area contributed by atoms with Gasteiger partial charge in [0.25, 0.3) is 0 Å². The summed E-state index contributed by atoms with van der Waals surface area (Å²) >= 11 is 6.20. The number of carbonyl (C=O) groups excluding carboxylic acids is 1. The summed E-state index contributed by atoms with van der Waals surface area (Å²) in [5.41, 5.74) is 2.73. The Bertz CT molecular complexity index is 537. The molecule has 0 aliphatic rings. The van der Waals surface area contributed by atoms with E-state index in [0.717, 1.165) is 11.1 Å². The lowest BCUT2D eigenvalue weighted by Crippen LogP contribution is -2.05. The molecule has 0 radical (unpaired) electrons. The third-order valence-corrected chi connectivity index (χ3v) is 2.69. The van der Waals surface area contributed by atoms with Gasteiger partial charge in [0.2, 0.25) is 5.91 Å². The quantitative estimate of drug-likeness (QED) is 0.852. The lowest BCUT2D eigenvalue weighted by Gasteiger charge is -2.07. The third-order valence-electron chi connectivity index (χ3n) is 2.37. The summed E-state index contributed by atoms with van der Waals surface area (Å²) in [6.45, 7) is 1.47. The van der Waals surface area contributed by atoms with Crippen molar-refractivity contribution in [1.82, 2.24) is 0 Å². The molecule has 0 atom stereocenters. The summed E-state index contributed by atoms with van der Waals surface area (Å²) in [6, 6.07) is 15.4. The molecular formula is C14H12ClNO. The maximum Gasteiger partial charge on any atom is 0.221 e. The van der Waals surface area contributed by atoms with Crippen LogP contribution in [0.25, 0.3) is 11.1 Å². The fraction of sp³-hybridized carbons (Fsp3) is 0.0714. The van der Waals surface area contributed by atoms with E-state index >= 15 is 0 Å². The standard InChI is InChI=1S/C14H12ClNO/c1-10(17)16-12-7-8-13(14(15)9-12)11-5-3-2-4-6-11/h2-9H,1H3,(H,16,17). The van der Waals surface area contributed by atoms with E-state index in [1.54, 1.807) is 6.07 Å². The molecule has 0 heterocycles. The molecule has 0 saturated carbocycles. The Morgan fingerprint density at radius 3 is 2.41 bits per heavy atom. The van der Waals surface area contributed by atoms with Gasteiger partial charge in [0, 0.05) is 18.2 Å². The molecule has 0 bridgehead atoms. The van der Waals surface area contributed by atoms with E-state index in [4.69, 9.17) is 11.6 Å². The molecule has 2 nitrogen and oxygen atoms in total. The number of hydrogen-bond acceptors (Lipinski definition) is 1. The summed E-state index contributed by atoms with van der Waals surface area (Å²) < 4.78 is 0. The van der Waals surface area contributed by atoms with Crippen LogP contribution >= 0.6 is 11.6 Å². The maximum atomic E-state index is 10.9. The summed E-state index contributed by atoms with van der Waals surface area (Å²) in [5.74, 6) is -0.103. The molecule has 1 N–H and O–H groups in total. The average Bonchev–Trinajstić information content (AvgIpc) is 2.29. The number of carbonyl (C=O) groups is 1. The number of anilines is 1. The van der Waals surface area contributed by atoms with E-state index in [0.29, 0.717) is 10.7 Å². The monoisotopic (exact) mass is 245 g/mol. The van der Waals surface area contributed by atoms with E-state index in [-0.39, 0.29) is 5.91 Å². The number of halogens is 1. The van der Waals surface area contributed by atoms with Gasteiger partial charge in [0.05, 0.1) is 5.02 Å². The molecule has 2 aromatic carbocycles. The Hall–Kier alpha value is -1.80. The lowest BCUT2D eigenvalue weighted by atomic mass is 10.1. The molecule has 2 aromatic rings. The van der Waals surface area contributed by atoms with Crippen molar-refractivity contribution in [1.29, 1.82) is 0 Å². The summed E-state index contributed by atoms with van der Waals surface area (Å²) in [4.78, 5) is 10.9. The van der Waals surface area contributed by atoms with Gasteiger partial charge in [-0.1, -0.05) is 48.0 Å². The Morgan fingerprint density at radius 2 is 1.82 bits per heavy atom. The molecule has 0 aromatic heterocycles. The molecule has 0 aliphatic carbocycles. The van der Waals surface area contributed by atoms with Gasteiger partial charge in [-0.05, 0) is 17.7 Å². The molecule has 0 saturated heterocycles. The molecular weight excluding hydrogens is 234 g/mol. The third kappa shape index (κ3) is 2.86. The van der Waals surface area contributed by atoms with Crippen molar-refractivity contribution >= 4 is 23.2 Å². The fourth-order valence-corrected chi connectivity index (χ4v) is 1.94. The van der Waals surface area contributed by atoms with Crippen LogP contribution in [0.15, 0.2) is 48.5 Å². The zero-order valence-corrected chi connectivity index (χ0v) is 10.2. The molecule has 3 heteroatoms. The van der Waals surface area contributed by atoms with Gasteiger partial charge in [-0.2, -0.15) is 0 Å². The van der Waals surface area contributed by atoms with Crippen molar-refractivity contribution < 1.29 is 4.79 Å². The van der Waals surface area contributed by atoms with Crippen molar-refractivity contribution in [2.75, 3.05) is 5.32 Å². The minimum atomic E-state index is -0.103. The van der Waals surface area contributed by atoms with Gasteiger partial charge in [-0.3, -0.25) is 4.79 Å². The summed E-state index contributed by atoms with van der Waals surface area (Å²) in [7, 11) is 0. The maximum absolute atomic E-state index is 10.9. The van der Waals surface area contributed by atoms with Crippen molar-refractivity contribution in [3.05, 3.63) is 53.6 Å². The summed E-state index contributed by atoms with van der Waals surface area (Å²) in [6.07, 6.45) is 0. The van der Waals surface area contributed by atoms with Crippen LogP contribution in [-0.2, 0) is 4.79 Å². The normalized spacial score (nSPS) is 10.0. The largest absolute Gasteiger partial charge is 0.326 e. The summed E-state index contributed by atoms with van der Waals surface area (Å²) in [5, 5.41) is 3.33. The average molecular weight is 246 g/mol. The molecule has 86 valence electrons. The highest BCUT2D eigenvalue weighted by Crippen LogP contribution is 2.30. The van der Waals surface area contributed by atoms with Crippen molar-refractivity contribution in [3.63, 3.8) is 0 Å². The van der Waals surface area contributed by atoms with Gasteiger partial charge in [0.1, 0.15) is 0 Å². The second-order valence-corrected chi connectivity index (χ2v) is 4.15. The van der Waals surface area contributed by atoms with Crippen molar-refractivity contribution in [3.8, 4) is 11.1 Å². The van der Waals surface area contributed by atoms with Crippen molar-refractivity contribution in [2.45, 2.75) is 6.92 Å². The molecule has 0 spiro atoms. The Kier molecular flexibility index (Phi) is 3.45. The highest BCUT2D eigenvalue weighted by molar-refractivity contribution is 6.33. The number of nitrogens with one attached hydrogen (secondary N) is 1. The smallest absolute Gasteiger partial charge is 0.221 e. The van der Waals surface area contributed by atoms with Crippen LogP contribution in [-0.4, -0.2) is 5.91 Å². The van der Waals surface area contributed by atoms with E-state index in [2.05, 4.69) is 5.32 Å². The van der Waals surface area contributed by atoms with Gasteiger partial charge >= 0.3 is 0 Å². The predicted octanol–water partition coefficient (Wildman–Crippen LogP) is 3.97. The topological polar surface area (TPSA) is 29.1 Å². The fourth-order valence-electron chi connectivity index (χ4n) is 1.65. The molecule has 1 amide bonds. The molecule has 2 rings (SSSR count). The number of hydrogen-bond donors (Lipinski definition) is 1. The van der Waals surface area contributed by atoms with Crippen LogP contribution in [0.5, 0.6) is 0 Å². The second-order valence-electron chi connectivity index (χ2n) is 3.74. The van der Waals surface area contributed by atoms with Crippen LogP contribution in [0.4, 0.5) is 5.69 Å². The minimum absolute atomic E-state index is 0.103. The van der Waals surface area contributed by atoms with Crippen LogP contribution in [0.3, 0.4) is 0 Å².